The van der Waals surface area contributed by atoms with Crippen molar-refractivity contribution in [1.29, 1.82) is 0 Å². The number of aryl methyl sites for hydroxylation is 8. The van der Waals surface area contributed by atoms with Gasteiger partial charge < -0.3 is 21.3 Å². The van der Waals surface area contributed by atoms with Crippen LogP contribution in [0.3, 0.4) is 0 Å². The minimum atomic E-state index is -0.361. The predicted octanol–water partition coefficient (Wildman–Crippen LogP) is 18.0. The fraction of sp³-hybridized carbons (Fsp3) is 0.316. The zero-order chi connectivity index (χ0) is 60.6. The summed E-state index contributed by atoms with van der Waals surface area (Å²) in [7, 11) is 0. The van der Waals surface area contributed by atoms with E-state index in [4.69, 9.17) is 9.97 Å². The van der Waals surface area contributed by atoms with E-state index in [1.54, 1.807) is 18.2 Å². The number of hydrogen-bond acceptors (Lipinski definition) is 6. The Kier molecular flexibility index (Phi) is 14.9. The minimum absolute atomic E-state index is 0.275. The van der Waals surface area contributed by atoms with Crippen molar-refractivity contribution in [2.45, 2.75) is 157 Å². The normalized spacial score (nSPS) is 16.3. The summed E-state index contributed by atoms with van der Waals surface area (Å²) in [6.07, 6.45) is 10.4. The molecule has 7 aromatic carbocycles. The number of aromatic nitrogens is 2. The Balaban J connectivity index is 1.01. The fourth-order valence-electron chi connectivity index (χ4n) is 14.6. The molecule has 9 aromatic rings. The van der Waals surface area contributed by atoms with Gasteiger partial charge in [-0.05, 0) is 201 Å². The van der Waals surface area contributed by atoms with Crippen molar-refractivity contribution in [1.82, 2.24) is 9.97 Å². The van der Waals surface area contributed by atoms with Crippen molar-refractivity contribution >= 4 is 68.2 Å². The van der Waals surface area contributed by atoms with Crippen LogP contribution < -0.4 is 21.3 Å². The van der Waals surface area contributed by atoms with Gasteiger partial charge in [0.2, 0.25) is 0 Å². The Morgan fingerprint density at radius 1 is 0.360 bits per heavy atom. The molecule has 0 unspecified atom stereocenters. The number of carbonyl (C=O) groups is 4. The lowest BCUT2D eigenvalue weighted by Gasteiger charge is -2.40. The number of amides is 4. The van der Waals surface area contributed by atoms with E-state index < -0.39 is 0 Å². The summed E-state index contributed by atoms with van der Waals surface area (Å²) in [5, 5.41) is 14.7. The van der Waals surface area contributed by atoms with E-state index in [0.29, 0.717) is 55.4 Å². The van der Waals surface area contributed by atoms with Crippen LogP contribution in [0, 0.1) is 55.4 Å². The third-order valence-corrected chi connectivity index (χ3v) is 19.2. The molecule has 86 heavy (non-hydrogen) atoms. The largest absolute Gasteiger partial charge is 0.322 e. The maximum atomic E-state index is 15.0. The molecule has 2 aromatic heterocycles. The first-order valence-corrected chi connectivity index (χ1v) is 30.8. The van der Waals surface area contributed by atoms with Crippen LogP contribution in [0.5, 0.6) is 0 Å². The number of carbonyl (C=O) groups excluding carboxylic acids is 4. The number of fused-ring (bicyclic) bond motifs is 2. The molecule has 4 N–H and O–H groups in total. The van der Waals surface area contributed by atoms with Crippen LogP contribution in [-0.4, -0.2) is 33.6 Å². The minimum Gasteiger partial charge on any atom is -0.322 e. The highest BCUT2D eigenvalue weighted by molar-refractivity contribution is 6.16. The second-order valence-corrected chi connectivity index (χ2v) is 26.2. The summed E-state index contributed by atoms with van der Waals surface area (Å²) in [6, 6.07) is 42.5. The lowest BCUT2D eigenvalue weighted by molar-refractivity contribution is 0.101. The Hall–Kier alpha value is -8.76. The molecule has 0 radical (unpaired) electrons. The third kappa shape index (κ3) is 10.4. The molecule has 4 amide bonds. The van der Waals surface area contributed by atoms with Crippen LogP contribution in [0.1, 0.15) is 199 Å². The summed E-state index contributed by atoms with van der Waals surface area (Å²) in [5.74, 6) is -1.11. The summed E-state index contributed by atoms with van der Waals surface area (Å²) < 4.78 is 0. The van der Waals surface area contributed by atoms with Gasteiger partial charge in [0.25, 0.3) is 23.6 Å². The molecule has 10 aliphatic rings. The Morgan fingerprint density at radius 2 is 0.651 bits per heavy atom. The van der Waals surface area contributed by atoms with Crippen LogP contribution in [0.2, 0.25) is 0 Å². The molecule has 10 nitrogen and oxygen atoms in total. The second kappa shape index (κ2) is 22.3. The van der Waals surface area contributed by atoms with Gasteiger partial charge in [-0.15, -0.1) is 0 Å². The van der Waals surface area contributed by atoms with E-state index >= 15 is 9.59 Å². The molecular weight excluding hydrogens is 1060 g/mol. The van der Waals surface area contributed by atoms with E-state index in [2.05, 4.69) is 146 Å². The van der Waals surface area contributed by atoms with Gasteiger partial charge in [0.1, 0.15) is 0 Å². The van der Waals surface area contributed by atoms with Gasteiger partial charge in [0.15, 0.2) is 0 Å². The number of nitrogens with one attached hydrogen (secondary N) is 4. The average molecular weight is 1140 g/mol. The van der Waals surface area contributed by atoms with Crippen molar-refractivity contribution < 1.29 is 19.2 Å². The van der Waals surface area contributed by atoms with Crippen molar-refractivity contribution in [2.75, 3.05) is 21.3 Å². The van der Waals surface area contributed by atoms with Crippen LogP contribution in [0.4, 0.5) is 22.7 Å². The van der Waals surface area contributed by atoms with Gasteiger partial charge in [0.05, 0.1) is 33.5 Å². The van der Waals surface area contributed by atoms with Crippen LogP contribution in [-0.2, 0) is 16.2 Å². The summed E-state index contributed by atoms with van der Waals surface area (Å²) in [4.78, 5) is 69.6. The monoisotopic (exact) mass is 1140 g/mol. The van der Waals surface area contributed by atoms with E-state index in [0.717, 1.165) is 137 Å². The number of anilines is 4. The third-order valence-electron chi connectivity index (χ3n) is 19.2. The second-order valence-electron chi connectivity index (χ2n) is 26.2. The number of pyridine rings is 2. The number of hydrogen-bond donors (Lipinski definition) is 4. The van der Waals surface area contributed by atoms with Gasteiger partial charge in [-0.3, -0.25) is 19.2 Å². The standard InChI is InChI=1S/C76H78N6O4/c1-43-30-54-31-44(2)66(43)79-70(83)51-38-52(40-53(39-51)74(9,10)11)71(84)80-67-45(3)32-55(33-46(67)4)76(28-20-13-21-29-76)57-36-49(7)69(50(8)37-57)82-73(86)61-42-65(78-63-25-17-15-23-59(61)63)64-41-60(58-22-14-16-24-62(58)77-64)72(85)81-68-47(5)34-56(35-48(68)6)75(54)26-18-12-19-27-75/h14-17,22-25,30-42H,12-13,18-21,26-29H2,1-11H3,(H,79,83)(H,80,84)(H,81,85)(H,82,86). The molecular formula is C76H78N6O4. The molecule has 436 valence electrons. The van der Waals surface area contributed by atoms with Crippen LogP contribution >= 0.6 is 0 Å². The van der Waals surface area contributed by atoms with E-state index in [-0.39, 0.29) is 39.9 Å². The van der Waals surface area contributed by atoms with Crippen molar-refractivity contribution in [2.24, 2.45) is 0 Å². The molecule has 2 spiro atoms. The lowest BCUT2D eigenvalue weighted by atomic mass is 9.64. The Bertz CT molecular complexity index is 3950. The summed E-state index contributed by atoms with van der Waals surface area (Å²) in [5.41, 5.74) is 19.3. The zero-order valence-electron chi connectivity index (χ0n) is 51.7. The molecule has 0 atom stereocenters. The molecule has 10 heteroatoms. The molecule has 10 heterocycles. The van der Waals surface area contributed by atoms with Crippen molar-refractivity contribution in [3.8, 4) is 11.4 Å². The molecule has 14 bridgehead atoms. The first-order valence-electron chi connectivity index (χ1n) is 30.8. The maximum absolute atomic E-state index is 15.0. The van der Waals surface area contributed by atoms with E-state index in [1.165, 1.54) is 22.3 Å². The number of para-hydroxylation sites is 2. The molecule has 8 aliphatic heterocycles. The quantitative estimate of drug-likeness (QED) is 0.119. The molecule has 19 rings (SSSR count). The van der Waals surface area contributed by atoms with Crippen molar-refractivity contribution in [3.63, 3.8) is 0 Å². The lowest BCUT2D eigenvalue weighted by Crippen LogP contribution is -2.31. The molecule has 2 saturated carbocycles. The SMILES string of the molecule is Cc1cc2cc(C)c1NC(=O)c1cc(cc(C(C)(C)C)c1)C(=O)Nc1c(C)cc(cc1C)C1(CCCCC1)c1cc(C)c(c(C)c1)NC(=O)c1cc(nc3ccccc13)-c1cc(c3ccccc3n1)C(=O)Nc1c(C)cc(cc1C)C21CCCCC1. The summed E-state index contributed by atoms with van der Waals surface area (Å²) >= 11 is 0. The van der Waals surface area contributed by atoms with E-state index in [9.17, 15) is 9.59 Å². The zero-order valence-corrected chi connectivity index (χ0v) is 51.7. The Labute approximate surface area is 506 Å². The number of rotatable bonds is 0. The average Bonchev–Trinajstić information content (AvgIpc) is 1.85. The predicted molar refractivity (Wildman–Crippen MR) is 351 cm³/mol. The van der Waals surface area contributed by atoms with Crippen LogP contribution in [0.15, 0.2) is 127 Å². The van der Waals surface area contributed by atoms with Gasteiger partial charge >= 0.3 is 0 Å². The highest BCUT2D eigenvalue weighted by Gasteiger charge is 2.39. The maximum Gasteiger partial charge on any atom is 0.256 e. The summed E-state index contributed by atoms with van der Waals surface area (Å²) in [6.45, 7) is 22.9. The Morgan fingerprint density at radius 3 is 0.953 bits per heavy atom. The van der Waals surface area contributed by atoms with Crippen LogP contribution in [0.25, 0.3) is 33.2 Å². The van der Waals surface area contributed by atoms with Crippen molar-refractivity contribution in [3.05, 3.63) is 222 Å². The highest BCUT2D eigenvalue weighted by Crippen LogP contribution is 2.50. The van der Waals surface area contributed by atoms with Gasteiger partial charge in [0, 0.05) is 55.5 Å². The highest BCUT2D eigenvalue weighted by atomic mass is 16.2. The van der Waals surface area contributed by atoms with Gasteiger partial charge in [-0.1, -0.05) is 144 Å². The smallest absolute Gasteiger partial charge is 0.256 e. The van der Waals surface area contributed by atoms with Gasteiger partial charge in [-0.2, -0.15) is 0 Å². The van der Waals surface area contributed by atoms with E-state index in [1.807, 2.05) is 60.7 Å². The first-order chi connectivity index (χ1) is 41.1. The van der Waals surface area contributed by atoms with Gasteiger partial charge in [-0.25, -0.2) is 9.97 Å². The number of nitrogens with zero attached hydrogens (tertiary/aromatic N) is 2. The molecule has 2 fully saturated rings. The number of benzene rings is 7. The topological polar surface area (TPSA) is 142 Å². The molecule has 0 saturated heterocycles. The first kappa shape index (κ1) is 57.7. The molecule has 2 aliphatic carbocycles. The fourth-order valence-corrected chi connectivity index (χ4v) is 14.6.